The molecule has 9 nitrogen and oxygen atoms in total. The number of esters is 1. The molecule has 0 unspecified atom stereocenters. The van der Waals surface area contributed by atoms with E-state index in [9.17, 15) is 14.4 Å². The van der Waals surface area contributed by atoms with Gasteiger partial charge in [-0.05, 0) is 62.6 Å². The molecule has 4 rings (SSSR count). The zero-order chi connectivity index (χ0) is 25.5. The van der Waals surface area contributed by atoms with Gasteiger partial charge in [-0.2, -0.15) is 0 Å². The Bertz CT molecular complexity index is 1120. The molecule has 1 aromatic heterocycles. The second-order valence-electron chi connectivity index (χ2n) is 9.62. The van der Waals surface area contributed by atoms with Gasteiger partial charge in [0.15, 0.2) is 0 Å². The average molecular weight is 494 g/mol. The zero-order valence-electron chi connectivity index (χ0n) is 20.7. The summed E-state index contributed by atoms with van der Waals surface area (Å²) in [5.74, 6) is 0.749. The predicted molar refractivity (Wildman–Crippen MR) is 137 cm³/mol. The maximum atomic E-state index is 13.1. The fourth-order valence-electron chi connectivity index (χ4n) is 4.90. The number of amides is 2. The van der Waals surface area contributed by atoms with Crippen LogP contribution >= 0.6 is 0 Å². The topological polar surface area (TPSA) is 139 Å². The standard InChI is InChI=1S/C27H35N5O4/c1-36-25(34)14-18-9-12-20-22(13-18)30-24(33)6-4-2-3-5-21(26-29-16-23(20)31-26)32-27(35)19-10-7-17(15-28)8-11-19/h2-3,9,12-13,16-17,19,21H,4-8,10-11,14-15,28H2,1H3,(H,29,31)(H,30,33)(H,32,35)/b3-2+/t17?,19?,21-/m0/s1. The van der Waals surface area contributed by atoms with Crippen molar-refractivity contribution in [3.63, 3.8) is 0 Å². The Hall–Kier alpha value is -3.46. The minimum Gasteiger partial charge on any atom is -0.469 e. The van der Waals surface area contributed by atoms with Crippen LogP contribution in [0.15, 0.2) is 36.5 Å². The monoisotopic (exact) mass is 493 g/mol. The lowest BCUT2D eigenvalue weighted by Gasteiger charge is -2.28. The van der Waals surface area contributed by atoms with Gasteiger partial charge in [-0.3, -0.25) is 14.4 Å². The van der Waals surface area contributed by atoms with E-state index < -0.39 is 0 Å². The highest BCUT2D eigenvalue weighted by atomic mass is 16.5. The van der Waals surface area contributed by atoms with Gasteiger partial charge in [0.05, 0.1) is 37.2 Å². The number of fused-ring (bicyclic) bond motifs is 4. The number of aromatic amines is 1. The molecule has 1 fully saturated rings. The molecule has 2 heterocycles. The van der Waals surface area contributed by atoms with Gasteiger partial charge in [0.1, 0.15) is 5.82 Å². The van der Waals surface area contributed by atoms with Crippen molar-refractivity contribution >= 4 is 23.5 Å². The highest BCUT2D eigenvalue weighted by Gasteiger charge is 2.28. The van der Waals surface area contributed by atoms with Crippen molar-refractivity contribution in [2.45, 2.75) is 57.4 Å². The van der Waals surface area contributed by atoms with Crippen LogP contribution in [0.1, 0.15) is 62.4 Å². The molecular weight excluding hydrogens is 458 g/mol. The van der Waals surface area contributed by atoms with Crippen molar-refractivity contribution < 1.29 is 19.1 Å². The van der Waals surface area contributed by atoms with Gasteiger partial charge in [-0.1, -0.05) is 24.3 Å². The number of carbonyl (C=O) groups excluding carboxylic acids is 3. The number of ether oxygens (including phenoxy) is 1. The number of hydrogen-bond donors (Lipinski definition) is 4. The van der Waals surface area contributed by atoms with Gasteiger partial charge in [0, 0.05) is 17.9 Å². The Morgan fingerprint density at radius 1 is 1.19 bits per heavy atom. The molecule has 2 aliphatic rings. The van der Waals surface area contributed by atoms with Gasteiger partial charge < -0.3 is 26.1 Å². The molecule has 36 heavy (non-hydrogen) atoms. The minimum absolute atomic E-state index is 0.00780. The van der Waals surface area contributed by atoms with E-state index in [1.165, 1.54) is 7.11 Å². The molecule has 1 saturated carbocycles. The van der Waals surface area contributed by atoms with Crippen molar-refractivity contribution in [2.24, 2.45) is 17.6 Å². The molecule has 192 valence electrons. The number of nitrogens with zero attached hydrogens (tertiary/aromatic N) is 1. The summed E-state index contributed by atoms with van der Waals surface area (Å²) in [5, 5.41) is 6.18. The minimum atomic E-state index is -0.352. The molecule has 1 aliphatic heterocycles. The molecule has 9 heteroatoms. The third-order valence-corrected chi connectivity index (χ3v) is 7.09. The van der Waals surface area contributed by atoms with E-state index in [0.717, 1.165) is 42.5 Å². The summed E-state index contributed by atoms with van der Waals surface area (Å²) in [6.07, 6.45) is 10.9. The van der Waals surface area contributed by atoms with Gasteiger partial charge in [0.25, 0.3) is 0 Å². The van der Waals surface area contributed by atoms with Crippen LogP contribution < -0.4 is 16.4 Å². The van der Waals surface area contributed by atoms with Gasteiger partial charge in [-0.25, -0.2) is 4.98 Å². The van der Waals surface area contributed by atoms with Crippen molar-refractivity contribution in [1.29, 1.82) is 0 Å². The maximum Gasteiger partial charge on any atom is 0.309 e. The molecule has 0 spiro atoms. The Labute approximate surface area is 211 Å². The van der Waals surface area contributed by atoms with E-state index in [1.807, 2.05) is 24.3 Å². The van der Waals surface area contributed by atoms with Crippen LogP contribution in [0.4, 0.5) is 5.69 Å². The lowest BCUT2D eigenvalue weighted by atomic mass is 9.81. The Morgan fingerprint density at radius 3 is 2.75 bits per heavy atom. The summed E-state index contributed by atoms with van der Waals surface area (Å²) in [6, 6.07) is 5.17. The number of carbonyl (C=O) groups is 3. The first-order valence-electron chi connectivity index (χ1n) is 12.7. The zero-order valence-corrected chi connectivity index (χ0v) is 20.7. The summed E-state index contributed by atoms with van der Waals surface area (Å²) in [4.78, 5) is 45.4. The first kappa shape index (κ1) is 25.6. The SMILES string of the molecule is COC(=O)Cc1ccc2c(c1)NC(=O)CC/C=C/C[C@H](NC(=O)C1CCC(CN)CC1)c1ncc-2[nH]1. The fraction of sp³-hybridized carbons (Fsp3) is 0.481. The Kier molecular flexibility index (Phi) is 8.53. The first-order chi connectivity index (χ1) is 17.5. The number of methoxy groups -OCH3 is 1. The van der Waals surface area contributed by atoms with E-state index in [4.69, 9.17) is 10.5 Å². The van der Waals surface area contributed by atoms with Crippen LogP contribution in [-0.2, 0) is 25.5 Å². The Morgan fingerprint density at radius 2 is 2.00 bits per heavy atom. The molecule has 1 aliphatic carbocycles. The van der Waals surface area contributed by atoms with E-state index >= 15 is 0 Å². The number of H-pyrrole nitrogens is 1. The van der Waals surface area contributed by atoms with Gasteiger partial charge >= 0.3 is 5.97 Å². The van der Waals surface area contributed by atoms with E-state index in [0.29, 0.717) is 43.2 Å². The smallest absolute Gasteiger partial charge is 0.309 e. The van der Waals surface area contributed by atoms with Gasteiger partial charge in [-0.15, -0.1) is 0 Å². The second kappa shape index (κ2) is 12.0. The normalized spacial score (nSPS) is 23.2. The van der Waals surface area contributed by atoms with Gasteiger partial charge in [0.2, 0.25) is 11.8 Å². The molecule has 1 aromatic carbocycles. The predicted octanol–water partition coefficient (Wildman–Crippen LogP) is 3.39. The van der Waals surface area contributed by atoms with Crippen LogP contribution in [0.5, 0.6) is 0 Å². The third-order valence-electron chi connectivity index (χ3n) is 7.09. The largest absolute Gasteiger partial charge is 0.469 e. The molecule has 0 radical (unpaired) electrons. The Balaban J connectivity index is 1.58. The molecule has 0 saturated heterocycles. The average Bonchev–Trinajstić information content (AvgIpc) is 3.37. The molecule has 1 atom stereocenters. The second-order valence-corrected chi connectivity index (χ2v) is 9.62. The van der Waals surface area contributed by atoms with E-state index in [1.54, 1.807) is 12.3 Å². The molecule has 2 bridgehead atoms. The molecule has 2 amide bonds. The van der Waals surface area contributed by atoms with Crippen LogP contribution in [-0.4, -0.2) is 41.4 Å². The lowest BCUT2D eigenvalue weighted by molar-refractivity contribution is -0.139. The van der Waals surface area contributed by atoms with Crippen LogP contribution in [0.2, 0.25) is 0 Å². The molecule has 5 N–H and O–H groups in total. The first-order valence-corrected chi connectivity index (χ1v) is 12.7. The number of aromatic nitrogens is 2. The molecule has 2 aromatic rings. The summed E-state index contributed by atoms with van der Waals surface area (Å²) in [7, 11) is 1.35. The number of allylic oxidation sites excluding steroid dienone is 1. The highest BCUT2D eigenvalue weighted by molar-refractivity contribution is 5.95. The van der Waals surface area contributed by atoms with Crippen LogP contribution in [0.25, 0.3) is 11.3 Å². The number of hydrogen-bond acceptors (Lipinski definition) is 6. The lowest BCUT2D eigenvalue weighted by Crippen LogP contribution is -2.36. The van der Waals surface area contributed by atoms with Crippen molar-refractivity contribution in [1.82, 2.24) is 15.3 Å². The van der Waals surface area contributed by atoms with Crippen molar-refractivity contribution in [3.05, 3.63) is 47.9 Å². The molecular formula is C27H35N5O4. The number of imidazole rings is 1. The number of benzene rings is 1. The number of nitrogens with one attached hydrogen (secondary N) is 3. The van der Waals surface area contributed by atoms with Crippen molar-refractivity contribution in [2.75, 3.05) is 19.0 Å². The van der Waals surface area contributed by atoms with Crippen molar-refractivity contribution in [3.8, 4) is 11.3 Å². The third kappa shape index (κ3) is 6.40. The number of anilines is 1. The summed E-state index contributed by atoms with van der Waals surface area (Å²) in [5.41, 5.74) is 8.61. The summed E-state index contributed by atoms with van der Waals surface area (Å²) < 4.78 is 4.78. The number of rotatable bonds is 5. The highest BCUT2D eigenvalue weighted by Crippen LogP contribution is 2.32. The maximum absolute atomic E-state index is 13.1. The van der Waals surface area contributed by atoms with E-state index in [2.05, 4.69) is 20.6 Å². The fourth-order valence-corrected chi connectivity index (χ4v) is 4.90. The number of nitrogens with two attached hydrogens (primary N) is 1. The summed E-state index contributed by atoms with van der Waals surface area (Å²) in [6.45, 7) is 0.681. The quantitative estimate of drug-likeness (QED) is 0.372. The van der Waals surface area contributed by atoms with E-state index in [-0.39, 0.29) is 36.2 Å². The van der Waals surface area contributed by atoms with Crippen LogP contribution in [0, 0.1) is 11.8 Å². The van der Waals surface area contributed by atoms with Crippen LogP contribution in [0.3, 0.4) is 0 Å². The summed E-state index contributed by atoms with van der Waals surface area (Å²) >= 11 is 0.